The summed E-state index contributed by atoms with van der Waals surface area (Å²) in [5.41, 5.74) is 5.02. The summed E-state index contributed by atoms with van der Waals surface area (Å²) in [4.78, 5) is 17.5. The lowest BCUT2D eigenvalue weighted by atomic mass is 9.92. The fourth-order valence-corrected chi connectivity index (χ4v) is 2.39. The van der Waals surface area contributed by atoms with Crippen LogP contribution in [0.3, 0.4) is 0 Å². The van der Waals surface area contributed by atoms with E-state index in [-0.39, 0.29) is 17.9 Å². The van der Waals surface area contributed by atoms with Crippen molar-refractivity contribution >= 4 is 5.97 Å². The van der Waals surface area contributed by atoms with Gasteiger partial charge in [-0.25, -0.2) is 0 Å². The molecule has 1 heterocycles. The Bertz CT molecular complexity index is 627. The number of fused-ring (bicyclic) bond motifs is 1. The van der Waals surface area contributed by atoms with Gasteiger partial charge in [-0.2, -0.15) is 5.48 Å². The number of esters is 1. The fourth-order valence-electron chi connectivity index (χ4n) is 2.39. The molecule has 0 aromatic heterocycles. The molecule has 1 N–H and O–H groups in total. The zero-order valence-corrected chi connectivity index (χ0v) is 11.8. The number of rotatable bonds is 4. The Morgan fingerprint density at radius 2 is 1.81 bits per heavy atom. The molecule has 3 rings (SSSR count). The van der Waals surface area contributed by atoms with E-state index in [0.717, 1.165) is 11.1 Å². The molecule has 108 valence electrons. The van der Waals surface area contributed by atoms with Gasteiger partial charge in [0.1, 0.15) is 5.75 Å². The first-order valence-electron chi connectivity index (χ1n) is 6.97. The SMILES string of the molecule is C[C@@H]1C(=O)Oc2ccccc2[C@@H]1NOCc1ccccc1. The van der Waals surface area contributed by atoms with Crippen LogP contribution in [0.15, 0.2) is 54.6 Å². The molecular weight excluding hydrogens is 266 g/mol. The van der Waals surface area contributed by atoms with Crippen LogP contribution in [0, 0.1) is 5.92 Å². The van der Waals surface area contributed by atoms with Crippen molar-refractivity contribution in [3.05, 3.63) is 65.7 Å². The van der Waals surface area contributed by atoms with Crippen molar-refractivity contribution in [2.75, 3.05) is 0 Å². The highest BCUT2D eigenvalue weighted by molar-refractivity contribution is 5.78. The summed E-state index contributed by atoms with van der Waals surface area (Å²) in [6.07, 6.45) is 0. The molecule has 4 nitrogen and oxygen atoms in total. The number of ether oxygens (including phenoxy) is 1. The van der Waals surface area contributed by atoms with Crippen molar-refractivity contribution in [2.45, 2.75) is 19.6 Å². The van der Waals surface area contributed by atoms with Crippen LogP contribution in [0.2, 0.25) is 0 Å². The van der Waals surface area contributed by atoms with E-state index in [1.54, 1.807) is 6.07 Å². The molecule has 0 bridgehead atoms. The molecular formula is C17H17NO3. The van der Waals surface area contributed by atoms with Gasteiger partial charge >= 0.3 is 5.97 Å². The number of carbonyl (C=O) groups excluding carboxylic acids is 1. The first kappa shape index (κ1) is 13.8. The molecule has 21 heavy (non-hydrogen) atoms. The molecule has 0 fully saturated rings. The van der Waals surface area contributed by atoms with Crippen LogP contribution in [0.1, 0.15) is 24.1 Å². The van der Waals surface area contributed by atoms with E-state index in [1.807, 2.05) is 55.5 Å². The highest BCUT2D eigenvalue weighted by Crippen LogP contribution is 2.35. The number of nitrogens with one attached hydrogen (secondary N) is 1. The molecule has 0 spiro atoms. The van der Waals surface area contributed by atoms with Gasteiger partial charge in [0.15, 0.2) is 0 Å². The Morgan fingerprint density at radius 3 is 2.62 bits per heavy atom. The van der Waals surface area contributed by atoms with Gasteiger partial charge in [0.25, 0.3) is 0 Å². The summed E-state index contributed by atoms with van der Waals surface area (Å²) < 4.78 is 5.30. The lowest BCUT2D eigenvalue weighted by Crippen LogP contribution is -2.37. The summed E-state index contributed by atoms with van der Waals surface area (Å²) in [5, 5.41) is 0. The second-order valence-electron chi connectivity index (χ2n) is 5.12. The number of benzene rings is 2. The van der Waals surface area contributed by atoms with E-state index in [9.17, 15) is 4.79 Å². The topological polar surface area (TPSA) is 47.6 Å². The third kappa shape index (κ3) is 2.96. The zero-order valence-electron chi connectivity index (χ0n) is 11.8. The molecule has 0 radical (unpaired) electrons. The third-order valence-corrected chi connectivity index (χ3v) is 3.63. The number of hydroxylamine groups is 1. The van der Waals surface area contributed by atoms with Gasteiger partial charge < -0.3 is 4.74 Å². The van der Waals surface area contributed by atoms with Crippen LogP contribution >= 0.6 is 0 Å². The molecule has 4 heteroatoms. The molecule has 0 unspecified atom stereocenters. The lowest BCUT2D eigenvalue weighted by molar-refractivity contribution is -0.143. The molecule has 0 saturated heterocycles. The maximum Gasteiger partial charge on any atom is 0.316 e. The third-order valence-electron chi connectivity index (χ3n) is 3.63. The Balaban J connectivity index is 1.70. The van der Waals surface area contributed by atoms with E-state index < -0.39 is 0 Å². The lowest BCUT2D eigenvalue weighted by Gasteiger charge is -2.29. The first-order chi connectivity index (χ1) is 10.3. The van der Waals surface area contributed by atoms with Crippen molar-refractivity contribution in [2.24, 2.45) is 5.92 Å². The monoisotopic (exact) mass is 283 g/mol. The minimum Gasteiger partial charge on any atom is -0.426 e. The molecule has 0 amide bonds. The maximum atomic E-state index is 11.9. The Kier molecular flexibility index (Phi) is 3.99. The highest BCUT2D eigenvalue weighted by Gasteiger charge is 2.34. The standard InChI is InChI=1S/C17H17NO3/c1-12-16(18-20-11-13-7-3-2-4-8-13)14-9-5-6-10-15(14)21-17(12)19/h2-10,12,16,18H,11H2,1H3/t12-,16+/m0/s1. The van der Waals surface area contributed by atoms with E-state index in [2.05, 4.69) is 5.48 Å². The van der Waals surface area contributed by atoms with Crippen LogP contribution in [-0.4, -0.2) is 5.97 Å². The van der Waals surface area contributed by atoms with Crippen LogP contribution < -0.4 is 10.2 Å². The second kappa shape index (κ2) is 6.08. The van der Waals surface area contributed by atoms with Crippen LogP contribution in [0.4, 0.5) is 0 Å². The van der Waals surface area contributed by atoms with Gasteiger partial charge in [0.05, 0.1) is 18.6 Å². The normalized spacial score (nSPS) is 20.7. The maximum absolute atomic E-state index is 11.9. The van der Waals surface area contributed by atoms with Crippen LogP contribution in [0.25, 0.3) is 0 Å². The fraction of sp³-hybridized carbons (Fsp3) is 0.235. The molecule has 1 aliphatic heterocycles. The molecule has 2 aromatic rings. The van der Waals surface area contributed by atoms with Gasteiger partial charge in [0, 0.05) is 5.56 Å². The van der Waals surface area contributed by atoms with Gasteiger partial charge in [-0.3, -0.25) is 9.63 Å². The average molecular weight is 283 g/mol. The first-order valence-corrected chi connectivity index (χ1v) is 6.97. The number of para-hydroxylation sites is 1. The Morgan fingerprint density at radius 1 is 1.10 bits per heavy atom. The molecule has 0 aliphatic carbocycles. The van der Waals surface area contributed by atoms with Crippen molar-refractivity contribution in [1.82, 2.24) is 5.48 Å². The van der Waals surface area contributed by atoms with E-state index in [4.69, 9.17) is 9.57 Å². The molecule has 0 saturated carbocycles. The number of hydrogen-bond acceptors (Lipinski definition) is 4. The second-order valence-corrected chi connectivity index (χ2v) is 5.12. The minimum atomic E-state index is -0.296. The van der Waals surface area contributed by atoms with Crippen LogP contribution in [0.5, 0.6) is 5.75 Å². The minimum absolute atomic E-state index is 0.203. The summed E-state index contributed by atoms with van der Waals surface area (Å²) in [6, 6.07) is 17.2. The number of hydrogen-bond donors (Lipinski definition) is 1. The molecule has 1 aliphatic rings. The van der Waals surface area contributed by atoms with Crippen molar-refractivity contribution < 1.29 is 14.4 Å². The van der Waals surface area contributed by atoms with Gasteiger partial charge in [0.2, 0.25) is 0 Å². The summed E-state index contributed by atoms with van der Waals surface area (Å²) in [7, 11) is 0. The van der Waals surface area contributed by atoms with Crippen LogP contribution in [-0.2, 0) is 16.2 Å². The van der Waals surface area contributed by atoms with E-state index in [1.165, 1.54) is 0 Å². The van der Waals surface area contributed by atoms with Crippen molar-refractivity contribution in [3.63, 3.8) is 0 Å². The summed E-state index contributed by atoms with van der Waals surface area (Å²) in [5.74, 6) is 0.0617. The van der Waals surface area contributed by atoms with Gasteiger partial charge in [-0.1, -0.05) is 48.5 Å². The smallest absolute Gasteiger partial charge is 0.316 e. The number of carbonyl (C=O) groups is 1. The Hall–Kier alpha value is -2.17. The van der Waals surface area contributed by atoms with E-state index in [0.29, 0.717) is 12.4 Å². The quantitative estimate of drug-likeness (QED) is 0.532. The average Bonchev–Trinajstić information content (AvgIpc) is 2.52. The van der Waals surface area contributed by atoms with Gasteiger partial charge in [-0.05, 0) is 18.6 Å². The molecule has 2 aromatic carbocycles. The van der Waals surface area contributed by atoms with Gasteiger partial charge in [-0.15, -0.1) is 0 Å². The molecule has 2 atom stereocenters. The van der Waals surface area contributed by atoms with Crippen molar-refractivity contribution in [3.8, 4) is 5.75 Å². The Labute approximate surface area is 123 Å². The van der Waals surface area contributed by atoms with E-state index >= 15 is 0 Å². The predicted molar refractivity (Wildman–Crippen MR) is 78.3 cm³/mol. The van der Waals surface area contributed by atoms with Crippen molar-refractivity contribution in [1.29, 1.82) is 0 Å². The summed E-state index contributed by atoms with van der Waals surface area (Å²) in [6.45, 7) is 2.28. The predicted octanol–water partition coefficient (Wildman–Crippen LogP) is 3.00. The largest absolute Gasteiger partial charge is 0.426 e. The highest BCUT2D eigenvalue weighted by atomic mass is 16.6. The zero-order chi connectivity index (χ0) is 14.7. The summed E-state index contributed by atoms with van der Waals surface area (Å²) >= 11 is 0.